The summed E-state index contributed by atoms with van der Waals surface area (Å²) in [6.07, 6.45) is 0.974. The lowest BCUT2D eigenvalue weighted by Crippen LogP contribution is -2.53. The number of carboxylic acid groups (broad SMARTS) is 1. The Morgan fingerprint density at radius 3 is 2.50 bits per heavy atom. The van der Waals surface area contributed by atoms with E-state index in [4.69, 9.17) is 5.11 Å². The van der Waals surface area contributed by atoms with Crippen LogP contribution in [0, 0.1) is 11.8 Å². The molecule has 2 amide bonds. The molecule has 3 atom stereocenters. The molecule has 1 aliphatic rings. The minimum atomic E-state index is -1.03. The van der Waals surface area contributed by atoms with E-state index in [0.717, 1.165) is 6.42 Å². The van der Waals surface area contributed by atoms with Crippen molar-refractivity contribution in [1.29, 1.82) is 0 Å². The highest BCUT2D eigenvalue weighted by Gasteiger charge is 2.35. The van der Waals surface area contributed by atoms with E-state index in [9.17, 15) is 9.59 Å². The summed E-state index contributed by atoms with van der Waals surface area (Å²) in [4.78, 5) is 21.3. The summed E-state index contributed by atoms with van der Waals surface area (Å²) in [5.74, 6) is 0.0838. The van der Waals surface area contributed by atoms with Crippen LogP contribution in [0.2, 0.25) is 0 Å². The topological polar surface area (TPSA) is 78.4 Å². The van der Waals surface area contributed by atoms with E-state index >= 15 is 0 Å². The maximum Gasteiger partial charge on any atom is 0.323 e. The normalized spacial score (nSPS) is 30.3. The standard InChI is InChI=1S/C9H16N2O3/c1-5-3-7(6(5)2)11-9(14)10-4-8(12)13/h5-7H,3-4H2,1-2H3,(H,12,13)(H2,10,11,14). The molecule has 0 heterocycles. The number of hydrogen-bond donors (Lipinski definition) is 3. The molecule has 0 radical (unpaired) electrons. The van der Waals surface area contributed by atoms with Gasteiger partial charge in [0.2, 0.25) is 0 Å². The van der Waals surface area contributed by atoms with Gasteiger partial charge in [-0.2, -0.15) is 0 Å². The lowest BCUT2D eigenvalue weighted by Gasteiger charge is -2.41. The molecule has 1 aliphatic carbocycles. The Morgan fingerprint density at radius 1 is 1.43 bits per heavy atom. The molecule has 0 bridgehead atoms. The number of rotatable bonds is 3. The van der Waals surface area contributed by atoms with Crippen molar-refractivity contribution in [3.63, 3.8) is 0 Å². The predicted octanol–water partition coefficient (Wildman–Crippen LogP) is 0.415. The summed E-state index contributed by atoms with van der Waals surface area (Å²) >= 11 is 0. The molecule has 0 spiro atoms. The highest BCUT2D eigenvalue weighted by molar-refractivity contribution is 5.80. The molecule has 14 heavy (non-hydrogen) atoms. The average Bonchev–Trinajstić information content (AvgIpc) is 2.14. The first kappa shape index (κ1) is 10.8. The summed E-state index contributed by atoms with van der Waals surface area (Å²) in [6.45, 7) is 3.89. The minimum Gasteiger partial charge on any atom is -0.480 e. The zero-order chi connectivity index (χ0) is 10.7. The number of aliphatic carboxylic acids is 1. The third-order valence-electron chi connectivity index (χ3n) is 2.87. The Balaban J connectivity index is 2.18. The largest absolute Gasteiger partial charge is 0.480 e. The van der Waals surface area contributed by atoms with Crippen LogP contribution in [0.3, 0.4) is 0 Å². The summed E-state index contributed by atoms with van der Waals surface area (Å²) in [7, 11) is 0. The Hall–Kier alpha value is -1.26. The van der Waals surface area contributed by atoms with Crippen LogP contribution >= 0.6 is 0 Å². The maximum absolute atomic E-state index is 11.1. The zero-order valence-electron chi connectivity index (χ0n) is 8.41. The van der Waals surface area contributed by atoms with Gasteiger partial charge in [-0.1, -0.05) is 13.8 Å². The average molecular weight is 200 g/mol. The first-order chi connectivity index (χ1) is 6.50. The van der Waals surface area contributed by atoms with Crippen LogP contribution in [-0.4, -0.2) is 29.7 Å². The van der Waals surface area contributed by atoms with E-state index in [2.05, 4.69) is 24.5 Å². The van der Waals surface area contributed by atoms with Crippen LogP contribution in [0.1, 0.15) is 20.3 Å². The fourth-order valence-electron chi connectivity index (χ4n) is 1.60. The molecule has 5 nitrogen and oxygen atoms in total. The third kappa shape index (κ3) is 2.61. The molecule has 3 N–H and O–H groups in total. The fraction of sp³-hybridized carbons (Fsp3) is 0.778. The van der Waals surface area contributed by atoms with E-state index in [-0.39, 0.29) is 12.6 Å². The van der Waals surface area contributed by atoms with Gasteiger partial charge in [0.05, 0.1) is 0 Å². The van der Waals surface area contributed by atoms with E-state index in [1.54, 1.807) is 0 Å². The molecule has 0 aliphatic heterocycles. The second kappa shape index (κ2) is 4.30. The Kier molecular flexibility index (Phi) is 3.33. The van der Waals surface area contributed by atoms with Gasteiger partial charge in [0, 0.05) is 6.04 Å². The van der Waals surface area contributed by atoms with Gasteiger partial charge in [0.1, 0.15) is 6.54 Å². The number of urea groups is 1. The van der Waals surface area contributed by atoms with Gasteiger partial charge in [-0.15, -0.1) is 0 Å². The molecule has 1 fully saturated rings. The van der Waals surface area contributed by atoms with Gasteiger partial charge in [-0.05, 0) is 18.3 Å². The van der Waals surface area contributed by atoms with Gasteiger partial charge in [-0.3, -0.25) is 4.79 Å². The molecule has 1 saturated carbocycles. The Morgan fingerprint density at radius 2 is 2.07 bits per heavy atom. The summed E-state index contributed by atoms with van der Waals surface area (Å²) in [5.41, 5.74) is 0. The van der Waals surface area contributed by atoms with E-state index in [1.807, 2.05) is 0 Å². The zero-order valence-corrected chi connectivity index (χ0v) is 8.41. The molecule has 0 aromatic carbocycles. The van der Waals surface area contributed by atoms with Crippen LogP contribution in [0.25, 0.3) is 0 Å². The molecular weight excluding hydrogens is 184 g/mol. The number of carboxylic acids is 1. The van der Waals surface area contributed by atoms with Crippen LogP contribution in [0.15, 0.2) is 0 Å². The molecule has 5 heteroatoms. The highest BCUT2D eigenvalue weighted by atomic mass is 16.4. The van der Waals surface area contributed by atoms with Crippen molar-refractivity contribution in [2.24, 2.45) is 11.8 Å². The Labute approximate surface area is 82.9 Å². The molecule has 0 aromatic rings. The monoisotopic (exact) mass is 200 g/mol. The summed E-state index contributed by atoms with van der Waals surface area (Å²) in [5, 5.41) is 13.3. The van der Waals surface area contributed by atoms with Crippen molar-refractivity contribution in [2.45, 2.75) is 26.3 Å². The Bertz CT molecular complexity index is 242. The highest BCUT2D eigenvalue weighted by Crippen LogP contribution is 2.33. The molecule has 1 rings (SSSR count). The van der Waals surface area contributed by atoms with Crippen LogP contribution in [-0.2, 0) is 4.79 Å². The number of carbonyl (C=O) groups excluding carboxylic acids is 1. The van der Waals surface area contributed by atoms with Gasteiger partial charge in [0.25, 0.3) is 0 Å². The second-order valence-electron chi connectivity index (χ2n) is 3.90. The van der Waals surface area contributed by atoms with Gasteiger partial charge >= 0.3 is 12.0 Å². The van der Waals surface area contributed by atoms with Crippen molar-refractivity contribution in [1.82, 2.24) is 10.6 Å². The molecule has 3 unspecified atom stereocenters. The first-order valence-electron chi connectivity index (χ1n) is 4.77. The summed E-state index contributed by atoms with van der Waals surface area (Å²) < 4.78 is 0. The molecular formula is C9H16N2O3. The van der Waals surface area contributed by atoms with Crippen LogP contribution in [0.5, 0.6) is 0 Å². The van der Waals surface area contributed by atoms with Gasteiger partial charge < -0.3 is 15.7 Å². The van der Waals surface area contributed by atoms with E-state index in [0.29, 0.717) is 11.8 Å². The lowest BCUT2D eigenvalue weighted by molar-refractivity contribution is -0.135. The van der Waals surface area contributed by atoms with Crippen LogP contribution < -0.4 is 10.6 Å². The van der Waals surface area contributed by atoms with Gasteiger partial charge in [-0.25, -0.2) is 4.79 Å². The molecule has 0 saturated heterocycles. The number of carbonyl (C=O) groups is 2. The second-order valence-corrected chi connectivity index (χ2v) is 3.90. The van der Waals surface area contributed by atoms with E-state index in [1.165, 1.54) is 0 Å². The van der Waals surface area contributed by atoms with Crippen molar-refractivity contribution < 1.29 is 14.7 Å². The number of hydrogen-bond acceptors (Lipinski definition) is 2. The van der Waals surface area contributed by atoms with Crippen molar-refractivity contribution >= 4 is 12.0 Å². The fourth-order valence-corrected chi connectivity index (χ4v) is 1.60. The van der Waals surface area contributed by atoms with Crippen molar-refractivity contribution in [3.05, 3.63) is 0 Å². The van der Waals surface area contributed by atoms with Crippen LogP contribution in [0.4, 0.5) is 4.79 Å². The molecule has 0 aromatic heterocycles. The third-order valence-corrected chi connectivity index (χ3v) is 2.87. The minimum absolute atomic E-state index is 0.193. The van der Waals surface area contributed by atoms with Crippen molar-refractivity contribution in [2.75, 3.05) is 6.54 Å². The number of amides is 2. The SMILES string of the molecule is CC1CC(NC(=O)NCC(=O)O)C1C. The van der Waals surface area contributed by atoms with E-state index < -0.39 is 12.0 Å². The lowest BCUT2D eigenvalue weighted by atomic mass is 9.71. The number of nitrogens with one attached hydrogen (secondary N) is 2. The first-order valence-corrected chi connectivity index (χ1v) is 4.77. The molecule has 80 valence electrons. The maximum atomic E-state index is 11.1. The predicted molar refractivity (Wildman–Crippen MR) is 50.9 cm³/mol. The van der Waals surface area contributed by atoms with Gasteiger partial charge in [0.15, 0.2) is 0 Å². The van der Waals surface area contributed by atoms with Crippen molar-refractivity contribution in [3.8, 4) is 0 Å². The summed E-state index contributed by atoms with van der Waals surface area (Å²) in [6, 6.07) is -0.199. The smallest absolute Gasteiger partial charge is 0.323 e. The quantitative estimate of drug-likeness (QED) is 0.617.